The van der Waals surface area contributed by atoms with E-state index in [1.54, 1.807) is 37.3 Å². The summed E-state index contributed by atoms with van der Waals surface area (Å²) in [5.41, 5.74) is 11.0. The van der Waals surface area contributed by atoms with Crippen LogP contribution in [-0.4, -0.2) is 90.5 Å². The highest BCUT2D eigenvalue weighted by Crippen LogP contribution is 2.25. The molecule has 0 radical (unpaired) electrons. The highest BCUT2D eigenvalue weighted by Gasteiger charge is 2.16. The molecule has 0 spiro atoms. The van der Waals surface area contributed by atoms with E-state index in [2.05, 4.69) is 138 Å². The Morgan fingerprint density at radius 2 is 0.716 bits per heavy atom. The number of nitriles is 1. The predicted octanol–water partition coefficient (Wildman–Crippen LogP) is 28.7. The second-order valence-electron chi connectivity index (χ2n) is 34.6. The zero-order valence-electron chi connectivity index (χ0n) is 77.7. The van der Waals surface area contributed by atoms with E-state index in [4.69, 9.17) is 46.7 Å². The van der Waals surface area contributed by atoms with Crippen LogP contribution in [0.1, 0.15) is 457 Å². The Hall–Kier alpha value is -7.22. The molecule has 4 aromatic rings. The van der Waals surface area contributed by atoms with Crippen LogP contribution >= 0.6 is 0 Å². The van der Waals surface area contributed by atoms with Gasteiger partial charge in [-0.2, -0.15) is 5.26 Å². The van der Waals surface area contributed by atoms with Gasteiger partial charge in [-0.3, -0.25) is 14.4 Å². The topological polar surface area (TPSA) is 311 Å². The average molecular weight is 1630 g/mol. The predicted molar refractivity (Wildman–Crippen MR) is 489 cm³/mol. The van der Waals surface area contributed by atoms with Crippen molar-refractivity contribution in [1.29, 1.82) is 5.26 Å². The van der Waals surface area contributed by atoms with Gasteiger partial charge in [0.25, 0.3) is 0 Å². The molecular weight excluding hydrogens is 1450 g/mol. The number of unbranched alkanes of at least 4 members (excludes halogenated alkanes) is 16. The van der Waals surface area contributed by atoms with Crippen LogP contribution in [0.3, 0.4) is 0 Å². The van der Waals surface area contributed by atoms with Crippen molar-refractivity contribution in [1.82, 2.24) is 0 Å². The zero-order valence-corrected chi connectivity index (χ0v) is 77.7. The zero-order chi connectivity index (χ0) is 90.1. The summed E-state index contributed by atoms with van der Waals surface area (Å²) in [5, 5.41) is 68.3. The number of nitrogens with two attached hydrogens (primary N) is 1. The van der Waals surface area contributed by atoms with Crippen molar-refractivity contribution in [2.24, 2.45) is 53.1 Å². The maximum absolute atomic E-state index is 11.2. The Morgan fingerprint density at radius 3 is 1.03 bits per heavy atom. The van der Waals surface area contributed by atoms with Crippen molar-refractivity contribution < 1.29 is 69.3 Å². The molecule has 4 rings (SSSR count). The van der Waals surface area contributed by atoms with Gasteiger partial charge < -0.3 is 41.5 Å². The van der Waals surface area contributed by atoms with Gasteiger partial charge in [0, 0.05) is 31.4 Å². The number of benzene rings is 4. The molecule has 0 aliphatic carbocycles. The summed E-state index contributed by atoms with van der Waals surface area (Å²) >= 11 is 0. The summed E-state index contributed by atoms with van der Waals surface area (Å²) in [7, 11) is 0. The first kappa shape index (κ1) is 120. The van der Waals surface area contributed by atoms with Gasteiger partial charge in [-0.1, -0.05) is 349 Å². The van der Waals surface area contributed by atoms with Gasteiger partial charge in [0.1, 0.15) is 0 Å². The molecule has 0 aliphatic heterocycles. The monoisotopic (exact) mass is 1630 g/mol. The smallest absolute Gasteiger partial charge is 0.335 e. The van der Waals surface area contributed by atoms with Crippen LogP contribution < -0.4 is 5.73 Å². The highest BCUT2D eigenvalue weighted by atomic mass is 16.4. The van der Waals surface area contributed by atoms with E-state index in [9.17, 15) is 33.6 Å². The lowest BCUT2D eigenvalue weighted by atomic mass is 9.84. The highest BCUT2D eigenvalue weighted by molar-refractivity contribution is 5.96. The van der Waals surface area contributed by atoms with Crippen LogP contribution in [0.15, 0.2) is 91.0 Å². The van der Waals surface area contributed by atoms with E-state index >= 15 is 0 Å². The average Bonchev–Trinajstić information content (AvgIpc) is 0.934. The fourth-order valence-electron chi connectivity index (χ4n) is 11.5. The Balaban J connectivity index is -0.000000292. The molecule has 16 heteroatoms. The third kappa shape index (κ3) is 79.3. The number of aromatic carboxylic acids is 4. The minimum atomic E-state index is -1.11. The Labute approximate surface area is 708 Å². The van der Waals surface area contributed by atoms with E-state index in [-0.39, 0.29) is 22.8 Å². The number of aliphatic carboxylic acids is 2. The molecule has 0 amide bonds. The number of hydrogen-bond acceptors (Lipinski definition) is 10. The lowest BCUT2D eigenvalue weighted by Crippen LogP contribution is -2.13. The summed E-state index contributed by atoms with van der Waals surface area (Å²) in [5.74, 6) is 2.97. The van der Waals surface area contributed by atoms with E-state index in [0.717, 1.165) is 122 Å². The van der Waals surface area contributed by atoms with Crippen LogP contribution in [-0.2, 0) is 9.59 Å². The van der Waals surface area contributed by atoms with E-state index in [1.165, 1.54) is 153 Å². The molecule has 0 fully saturated rings. The number of carboxylic acids is 6. The molecule has 4 aromatic carbocycles. The number of aliphatic hydroxyl groups excluding tert-OH is 1. The van der Waals surface area contributed by atoms with Crippen molar-refractivity contribution in [2.75, 3.05) is 13.2 Å². The van der Waals surface area contributed by atoms with E-state index < -0.39 is 35.8 Å². The first-order valence-electron chi connectivity index (χ1n) is 44.4. The van der Waals surface area contributed by atoms with Gasteiger partial charge in [-0.25, -0.2) is 19.2 Å². The number of Topliss-reactive ketones (excluding diaryl/α,β-unsaturated/α-hetero) is 1. The third-order valence-corrected chi connectivity index (χ3v) is 19.5. The van der Waals surface area contributed by atoms with E-state index in [1.807, 2.05) is 70.2 Å². The molecule has 2 unspecified atom stereocenters. The summed E-state index contributed by atoms with van der Waals surface area (Å²) in [4.78, 5) is 74.2. The first-order chi connectivity index (χ1) is 54.4. The molecule has 0 heterocycles. The number of carboxylic acid groups (broad SMARTS) is 6. The van der Waals surface area contributed by atoms with Crippen LogP contribution in [0.25, 0.3) is 0 Å². The summed E-state index contributed by atoms with van der Waals surface area (Å²) in [6.45, 7) is 53.1. The summed E-state index contributed by atoms with van der Waals surface area (Å²) in [6.07, 6.45) is 34.5. The van der Waals surface area contributed by atoms with Gasteiger partial charge in [0.15, 0.2) is 5.78 Å². The fourth-order valence-corrected chi connectivity index (χ4v) is 11.5. The normalized spacial score (nSPS) is 11.0. The molecule has 0 saturated carbocycles. The SMILES string of the molecule is CC(=O)c1ccccc1C(C)C.CC(C)CCCCC#N.CC(C)CCCCCCCCC(=O)O.CC(C)CCCCCCCCCCC(=O)O.CC(C)CCCCN.CC(C)CCCCO.CC(C)c1cc(C(=O)O)cc(C(=O)O)c1.CC(C)c1ccc(C(=O)O)cc1.CC(C)c1cccc(C(=O)O)c1.CCCC(C)C(C)C(C)C. The molecule has 666 valence electrons. The Bertz CT molecular complexity index is 3060. The molecule has 0 bridgehead atoms. The van der Waals surface area contributed by atoms with Gasteiger partial charge in [0.2, 0.25) is 0 Å². The number of aliphatic hydroxyl groups is 1. The van der Waals surface area contributed by atoms with Crippen molar-refractivity contribution in [2.45, 2.75) is 382 Å². The van der Waals surface area contributed by atoms with Crippen molar-refractivity contribution >= 4 is 41.6 Å². The number of carbonyl (C=O) groups excluding carboxylic acids is 1. The fraction of sp³-hybridized carbons (Fsp3) is 0.680. The minimum absolute atomic E-state index is 0.0126. The first-order valence-corrected chi connectivity index (χ1v) is 44.4. The summed E-state index contributed by atoms with van der Waals surface area (Å²) in [6, 6.07) is 28.1. The molecule has 0 aliphatic rings. The van der Waals surface area contributed by atoms with Crippen molar-refractivity contribution in [3.8, 4) is 6.07 Å². The van der Waals surface area contributed by atoms with Gasteiger partial charge in [-0.05, 0) is 181 Å². The Morgan fingerprint density at radius 1 is 0.362 bits per heavy atom. The lowest BCUT2D eigenvalue weighted by molar-refractivity contribution is -0.138. The van der Waals surface area contributed by atoms with E-state index in [0.29, 0.717) is 53.9 Å². The van der Waals surface area contributed by atoms with Crippen molar-refractivity contribution in [3.05, 3.63) is 141 Å². The van der Waals surface area contributed by atoms with Crippen LogP contribution in [0.5, 0.6) is 0 Å². The molecule has 116 heavy (non-hydrogen) atoms. The third-order valence-electron chi connectivity index (χ3n) is 19.5. The molecule has 0 saturated heterocycles. The molecule has 2 atom stereocenters. The molecule has 16 nitrogen and oxygen atoms in total. The Kier molecular flexibility index (Phi) is 81.4. The number of ketones is 1. The number of rotatable bonds is 45. The van der Waals surface area contributed by atoms with Crippen molar-refractivity contribution in [3.63, 3.8) is 0 Å². The minimum Gasteiger partial charge on any atom is -0.481 e. The maximum Gasteiger partial charge on any atom is 0.335 e. The summed E-state index contributed by atoms with van der Waals surface area (Å²) < 4.78 is 0. The largest absolute Gasteiger partial charge is 0.481 e. The molecule has 0 aromatic heterocycles. The quantitative estimate of drug-likeness (QED) is 0.0151. The maximum atomic E-state index is 11.2. The van der Waals surface area contributed by atoms with Crippen LogP contribution in [0.2, 0.25) is 0 Å². The second-order valence-corrected chi connectivity index (χ2v) is 34.6. The molecule has 9 N–H and O–H groups in total. The van der Waals surface area contributed by atoms with Gasteiger partial charge in [0.05, 0.1) is 28.3 Å². The number of carbonyl (C=O) groups is 7. The lowest BCUT2D eigenvalue weighted by Gasteiger charge is -2.22. The number of hydrogen-bond donors (Lipinski definition) is 8. The van der Waals surface area contributed by atoms with Gasteiger partial charge >= 0.3 is 35.8 Å². The standard InChI is InChI=1S/C14H28O2.C12H24O2.C11H12O4.C11H14O.2C10H12O2.C10H22.C8H15N.C7H17N.C7H16O/c1-13(2)11-9-7-5-3-4-6-8-10-12-14(15)16;1-11(2)9-7-5-3-4-6-8-10-12(13)14;1-6(2)7-3-8(10(12)13)5-9(4-7)11(14)15;1-8(2)10-6-4-5-7-11(10)9(3)12;1-7(2)8-3-5-9(6-4-8)10(11)12;1-7(2)8-4-3-5-9(6-8)10(11)12;1-6-7-9(4)10(5)8(2)3;1-8(2)6-4-3-5-7-9;2*1-7(2)5-3-4-6-8/h13H,3-12H2,1-2H3,(H,15,16);11H,3-10H2,1-2H3,(H,13,14);3-6H,1-2H3,(H,12,13)(H,14,15);4-8H,1-3H3;2*3-7H,1-2H3,(H,11,12);8-10H,6-7H2,1-5H3;8H,3-6H2,1-2H3;7H,3-6,8H2,1-2H3;7-8H,3-6H2,1-2H3. The van der Waals surface area contributed by atoms with Crippen LogP contribution in [0, 0.1) is 58.7 Å². The molecular formula is C100H172N2O14. The second kappa shape index (κ2) is 78.9. The number of nitrogens with zero attached hydrogens (tertiary/aromatic N) is 1. The van der Waals surface area contributed by atoms with Crippen LogP contribution in [0.4, 0.5) is 0 Å². The van der Waals surface area contributed by atoms with Gasteiger partial charge in [-0.15, -0.1) is 0 Å².